The summed E-state index contributed by atoms with van der Waals surface area (Å²) in [5, 5.41) is 9.57. The van der Waals surface area contributed by atoms with Crippen molar-refractivity contribution in [1.82, 2.24) is 19.7 Å². The van der Waals surface area contributed by atoms with Crippen LogP contribution >= 0.6 is 0 Å². The van der Waals surface area contributed by atoms with Gasteiger partial charge in [0, 0.05) is 18.3 Å². The molecule has 1 fully saturated rings. The van der Waals surface area contributed by atoms with Crippen LogP contribution in [0, 0.1) is 11.7 Å². The third kappa shape index (κ3) is 5.56. The maximum absolute atomic E-state index is 14.6. The third-order valence-electron chi connectivity index (χ3n) is 6.60. The molecule has 198 valence electrons. The molecule has 0 radical (unpaired) electrons. The molecule has 0 aliphatic heterocycles. The molecule has 1 atom stereocenters. The number of amides is 1. The predicted molar refractivity (Wildman–Crippen MR) is 136 cm³/mol. The summed E-state index contributed by atoms with van der Waals surface area (Å²) in [5.74, 6) is 0.339. The highest BCUT2D eigenvalue weighted by Gasteiger charge is 2.24. The first kappa shape index (κ1) is 25.5. The van der Waals surface area contributed by atoms with E-state index in [0.717, 1.165) is 23.9 Å². The van der Waals surface area contributed by atoms with Crippen LogP contribution in [0.5, 0.6) is 0 Å². The number of carbonyl (C=O) groups excluding carboxylic acids is 1. The topological polar surface area (TPSA) is 97.9 Å². The van der Waals surface area contributed by atoms with E-state index in [0.29, 0.717) is 22.9 Å². The number of hydrogen-bond acceptors (Lipinski definition) is 6. The van der Waals surface area contributed by atoms with Crippen LogP contribution in [-0.4, -0.2) is 32.2 Å². The van der Waals surface area contributed by atoms with E-state index >= 15 is 0 Å². The maximum Gasteiger partial charge on any atom is 0.284 e. The van der Waals surface area contributed by atoms with E-state index in [2.05, 4.69) is 25.7 Å². The molecular weight excluding hydrogens is 497 g/mol. The highest BCUT2D eigenvalue weighted by atomic mass is 19.3. The third-order valence-corrected chi connectivity index (χ3v) is 6.60. The molecule has 1 aliphatic rings. The van der Waals surface area contributed by atoms with Gasteiger partial charge in [0.2, 0.25) is 5.89 Å². The number of oxazole rings is 1. The zero-order valence-electron chi connectivity index (χ0n) is 20.9. The summed E-state index contributed by atoms with van der Waals surface area (Å²) < 4.78 is 48.7. The quantitative estimate of drug-likeness (QED) is 0.243. The number of pyridine rings is 1. The molecule has 1 amide bonds. The molecule has 4 aromatic rings. The second kappa shape index (κ2) is 10.7. The van der Waals surface area contributed by atoms with E-state index in [1.54, 1.807) is 30.5 Å². The number of alkyl halides is 2. The van der Waals surface area contributed by atoms with Gasteiger partial charge in [-0.2, -0.15) is 5.10 Å². The number of aromatic nitrogens is 4. The molecule has 1 saturated carbocycles. The monoisotopic (exact) mass is 524 g/mol. The molecule has 0 saturated heterocycles. The van der Waals surface area contributed by atoms with Crippen molar-refractivity contribution in [1.29, 1.82) is 0 Å². The molecule has 3 heterocycles. The van der Waals surface area contributed by atoms with Gasteiger partial charge in [-0.15, -0.1) is 0 Å². The summed E-state index contributed by atoms with van der Waals surface area (Å²) in [7, 11) is 0. The standard InChI is InChI=1S/C27H27F3N6O2/c1-3-15(2)19-7-6-18(11-20(19)28)36-13-21(24(35-36)25(29)30)33-26(37)22-14-38-27(34-22)17-8-9-31-23(10-17)32-12-16-4-5-16/h6-11,13-16,25H,3-5,12H2,1-2H3,(H,31,32)(H,33,37). The van der Waals surface area contributed by atoms with Crippen LogP contribution < -0.4 is 10.6 Å². The number of rotatable bonds is 10. The van der Waals surface area contributed by atoms with Crippen molar-refractivity contribution in [2.75, 3.05) is 17.2 Å². The molecule has 2 N–H and O–H groups in total. The van der Waals surface area contributed by atoms with Crippen LogP contribution in [-0.2, 0) is 0 Å². The Balaban J connectivity index is 1.33. The van der Waals surface area contributed by atoms with Gasteiger partial charge in [0.15, 0.2) is 11.4 Å². The Hall–Kier alpha value is -4.15. The van der Waals surface area contributed by atoms with Gasteiger partial charge >= 0.3 is 0 Å². The number of nitrogens with zero attached hydrogens (tertiary/aromatic N) is 4. The molecule has 11 heteroatoms. The minimum Gasteiger partial charge on any atom is -0.444 e. The van der Waals surface area contributed by atoms with Crippen LogP contribution in [0.2, 0.25) is 0 Å². The molecule has 0 spiro atoms. The van der Waals surface area contributed by atoms with Crippen LogP contribution in [0.25, 0.3) is 17.1 Å². The number of benzene rings is 1. The lowest BCUT2D eigenvalue weighted by Crippen LogP contribution is -2.13. The van der Waals surface area contributed by atoms with Crippen molar-refractivity contribution >= 4 is 17.4 Å². The number of nitrogens with one attached hydrogen (secondary N) is 2. The molecule has 8 nitrogen and oxygen atoms in total. The Morgan fingerprint density at radius 3 is 2.76 bits per heavy atom. The van der Waals surface area contributed by atoms with E-state index in [9.17, 15) is 18.0 Å². The summed E-state index contributed by atoms with van der Waals surface area (Å²) in [5.41, 5.74) is 0.449. The molecule has 1 aromatic carbocycles. The molecule has 5 rings (SSSR count). The normalized spacial score (nSPS) is 14.1. The minimum atomic E-state index is -2.97. The van der Waals surface area contributed by atoms with Crippen molar-refractivity contribution in [3.05, 3.63) is 71.8 Å². The fraction of sp³-hybridized carbons (Fsp3) is 0.333. The summed E-state index contributed by atoms with van der Waals surface area (Å²) in [6.07, 6.45) is 4.18. The van der Waals surface area contributed by atoms with E-state index in [4.69, 9.17) is 4.42 Å². The van der Waals surface area contributed by atoms with E-state index < -0.39 is 23.8 Å². The summed E-state index contributed by atoms with van der Waals surface area (Å²) >= 11 is 0. The average molecular weight is 525 g/mol. The van der Waals surface area contributed by atoms with Crippen LogP contribution in [0.15, 0.2) is 53.4 Å². The van der Waals surface area contributed by atoms with Gasteiger partial charge in [-0.05, 0) is 60.9 Å². The van der Waals surface area contributed by atoms with Crippen LogP contribution in [0.1, 0.15) is 67.2 Å². The molecule has 3 aromatic heterocycles. The SMILES string of the molecule is CCC(C)c1ccc(-n2cc(NC(=O)c3coc(-c4ccnc(NCC5CC5)c4)n3)c(C(F)F)n2)cc1F. The van der Waals surface area contributed by atoms with E-state index in [1.807, 2.05) is 13.8 Å². The predicted octanol–water partition coefficient (Wildman–Crippen LogP) is 6.59. The van der Waals surface area contributed by atoms with Gasteiger partial charge in [-0.25, -0.2) is 27.8 Å². The second-order valence-corrected chi connectivity index (χ2v) is 9.43. The highest BCUT2D eigenvalue weighted by Crippen LogP contribution is 2.31. The van der Waals surface area contributed by atoms with Gasteiger partial charge in [0.25, 0.3) is 12.3 Å². The number of halogens is 3. The van der Waals surface area contributed by atoms with Gasteiger partial charge in [0.05, 0.1) is 17.6 Å². The molecule has 1 unspecified atom stereocenters. The van der Waals surface area contributed by atoms with Gasteiger partial charge in [-0.3, -0.25) is 4.79 Å². The van der Waals surface area contributed by atoms with Gasteiger partial charge in [0.1, 0.15) is 17.9 Å². The Labute approximate surface area is 217 Å². The van der Waals surface area contributed by atoms with Crippen LogP contribution in [0.3, 0.4) is 0 Å². The van der Waals surface area contributed by atoms with Crippen molar-refractivity contribution in [3.8, 4) is 17.1 Å². The fourth-order valence-corrected chi connectivity index (χ4v) is 3.98. The summed E-state index contributed by atoms with van der Waals surface area (Å²) in [4.78, 5) is 21.3. The molecule has 38 heavy (non-hydrogen) atoms. The summed E-state index contributed by atoms with van der Waals surface area (Å²) in [6, 6.07) is 7.91. The Morgan fingerprint density at radius 2 is 2.05 bits per heavy atom. The Bertz CT molecular complexity index is 1450. The van der Waals surface area contributed by atoms with Gasteiger partial charge in [-0.1, -0.05) is 19.9 Å². The lowest BCUT2D eigenvalue weighted by atomic mass is 9.98. The molecule has 0 bridgehead atoms. The zero-order chi connectivity index (χ0) is 26.8. The lowest BCUT2D eigenvalue weighted by molar-refractivity contribution is 0.102. The second-order valence-electron chi connectivity index (χ2n) is 9.43. The molecular formula is C27H27F3N6O2. The Kier molecular flexibility index (Phi) is 7.17. The average Bonchev–Trinajstić information content (AvgIpc) is 3.43. The van der Waals surface area contributed by atoms with Crippen molar-refractivity contribution in [2.24, 2.45) is 5.92 Å². The fourth-order valence-electron chi connectivity index (χ4n) is 3.98. The largest absolute Gasteiger partial charge is 0.444 e. The number of hydrogen-bond donors (Lipinski definition) is 2. The van der Waals surface area contributed by atoms with E-state index in [1.165, 1.54) is 25.1 Å². The van der Waals surface area contributed by atoms with Crippen molar-refractivity contribution in [2.45, 2.75) is 45.5 Å². The highest BCUT2D eigenvalue weighted by molar-refractivity contribution is 6.03. The number of carbonyl (C=O) groups is 1. The maximum atomic E-state index is 14.6. The van der Waals surface area contributed by atoms with Gasteiger partial charge < -0.3 is 15.1 Å². The minimum absolute atomic E-state index is 0.0123. The van der Waals surface area contributed by atoms with Crippen molar-refractivity contribution in [3.63, 3.8) is 0 Å². The first-order valence-electron chi connectivity index (χ1n) is 12.5. The molecule has 1 aliphatic carbocycles. The number of anilines is 2. The Morgan fingerprint density at radius 1 is 1.24 bits per heavy atom. The van der Waals surface area contributed by atoms with Crippen LogP contribution in [0.4, 0.5) is 24.7 Å². The van der Waals surface area contributed by atoms with Crippen molar-refractivity contribution < 1.29 is 22.4 Å². The van der Waals surface area contributed by atoms with E-state index in [-0.39, 0.29) is 28.9 Å². The summed E-state index contributed by atoms with van der Waals surface area (Å²) in [6.45, 7) is 4.70. The zero-order valence-corrected chi connectivity index (χ0v) is 20.9. The first-order chi connectivity index (χ1) is 18.3. The lowest BCUT2D eigenvalue weighted by Gasteiger charge is -2.11. The smallest absolute Gasteiger partial charge is 0.284 e. The first-order valence-corrected chi connectivity index (χ1v) is 12.5.